The summed E-state index contributed by atoms with van der Waals surface area (Å²) in [6.07, 6.45) is 0.616. The Labute approximate surface area is 110 Å². The van der Waals surface area contributed by atoms with Crippen LogP contribution < -0.4 is 10.5 Å². The van der Waals surface area contributed by atoms with Gasteiger partial charge < -0.3 is 10.5 Å². The maximum atomic E-state index is 13.4. The fourth-order valence-electron chi connectivity index (χ4n) is 1.74. The van der Waals surface area contributed by atoms with Crippen LogP contribution in [0, 0.1) is 11.7 Å². The molecule has 1 aromatic carbocycles. The third kappa shape index (κ3) is 2.81. The Morgan fingerprint density at radius 2 is 2.16 bits per heavy atom. The summed E-state index contributed by atoms with van der Waals surface area (Å²) in [6, 6.07) is 3.98. The molecule has 2 N–H and O–H groups in total. The van der Waals surface area contributed by atoms with Gasteiger partial charge in [-0.3, -0.25) is 4.79 Å². The number of fused-ring (bicyclic) bond motifs is 1. The van der Waals surface area contributed by atoms with Crippen LogP contribution in [0.25, 0.3) is 10.9 Å². The van der Waals surface area contributed by atoms with E-state index in [9.17, 15) is 9.18 Å². The maximum Gasteiger partial charge on any atom is 0.168 e. The normalized spacial score (nSPS) is 10.9. The third-order valence-corrected chi connectivity index (χ3v) is 2.58. The predicted octanol–water partition coefficient (Wildman–Crippen LogP) is 2.80. The van der Waals surface area contributed by atoms with Gasteiger partial charge in [0.15, 0.2) is 6.29 Å². The summed E-state index contributed by atoms with van der Waals surface area (Å²) in [5.74, 6) is 0.279. The number of hydrogen-bond donors (Lipinski definition) is 1. The van der Waals surface area contributed by atoms with E-state index < -0.39 is 5.82 Å². The van der Waals surface area contributed by atoms with E-state index in [2.05, 4.69) is 4.98 Å². The van der Waals surface area contributed by atoms with Gasteiger partial charge in [-0.2, -0.15) is 0 Å². The van der Waals surface area contributed by atoms with Crippen LogP contribution in [-0.4, -0.2) is 17.9 Å². The molecule has 0 fully saturated rings. The number of carbonyl (C=O) groups excluding carboxylic acids is 1. The fourth-order valence-corrected chi connectivity index (χ4v) is 1.74. The van der Waals surface area contributed by atoms with Crippen molar-refractivity contribution in [2.75, 3.05) is 12.3 Å². The average molecular weight is 262 g/mol. The fraction of sp³-hybridized carbons (Fsp3) is 0.286. The van der Waals surface area contributed by atoms with Crippen LogP contribution in [0.5, 0.6) is 5.75 Å². The molecule has 2 rings (SSSR count). The number of anilines is 1. The van der Waals surface area contributed by atoms with Crippen LogP contribution in [0.15, 0.2) is 18.2 Å². The minimum Gasteiger partial charge on any atom is -0.493 e. The molecule has 0 atom stereocenters. The van der Waals surface area contributed by atoms with E-state index in [1.807, 2.05) is 13.8 Å². The van der Waals surface area contributed by atoms with Crippen LogP contribution >= 0.6 is 0 Å². The third-order valence-electron chi connectivity index (χ3n) is 2.58. The molecule has 4 nitrogen and oxygen atoms in total. The Kier molecular flexibility index (Phi) is 3.64. The lowest BCUT2D eigenvalue weighted by atomic mass is 10.1. The van der Waals surface area contributed by atoms with Gasteiger partial charge in [0.05, 0.1) is 17.8 Å². The van der Waals surface area contributed by atoms with Gasteiger partial charge in [-0.05, 0) is 18.1 Å². The molecule has 0 aliphatic rings. The Morgan fingerprint density at radius 3 is 2.79 bits per heavy atom. The van der Waals surface area contributed by atoms with Crippen molar-refractivity contribution in [3.05, 3.63) is 29.7 Å². The standard InChI is InChI=1S/C14H15FN2O2/c1-8(2)7-19-13-5-10(6-18)17-14-11(13)3-9(15)4-12(14)16/h3-6,8H,7,16H2,1-2H3. The predicted molar refractivity (Wildman–Crippen MR) is 71.8 cm³/mol. The number of aldehydes is 1. The number of nitrogen functional groups attached to an aromatic ring is 1. The Bertz CT molecular complexity index is 626. The van der Waals surface area contributed by atoms with Gasteiger partial charge in [0.25, 0.3) is 0 Å². The highest BCUT2D eigenvalue weighted by molar-refractivity contribution is 5.95. The highest BCUT2D eigenvalue weighted by Crippen LogP contribution is 2.30. The van der Waals surface area contributed by atoms with Gasteiger partial charge in [-0.15, -0.1) is 0 Å². The second-order valence-electron chi connectivity index (χ2n) is 4.76. The monoisotopic (exact) mass is 262 g/mol. The molecule has 0 bridgehead atoms. The van der Waals surface area contributed by atoms with Crippen LogP contribution in [0.3, 0.4) is 0 Å². The average Bonchev–Trinajstić information content (AvgIpc) is 2.36. The molecular weight excluding hydrogens is 247 g/mol. The second-order valence-corrected chi connectivity index (χ2v) is 4.76. The van der Waals surface area contributed by atoms with Crippen LogP contribution in [0.4, 0.5) is 10.1 Å². The number of pyridine rings is 1. The first-order chi connectivity index (χ1) is 9.01. The lowest BCUT2D eigenvalue weighted by molar-refractivity contribution is 0.111. The lowest BCUT2D eigenvalue weighted by Crippen LogP contribution is -2.06. The Balaban J connectivity index is 2.61. The van der Waals surface area contributed by atoms with Crippen molar-refractivity contribution in [1.82, 2.24) is 4.98 Å². The number of halogens is 1. The number of ether oxygens (including phenoxy) is 1. The molecule has 0 aliphatic heterocycles. The van der Waals surface area contributed by atoms with Crippen molar-refractivity contribution in [1.29, 1.82) is 0 Å². The summed E-state index contributed by atoms with van der Waals surface area (Å²) >= 11 is 0. The van der Waals surface area contributed by atoms with Crippen molar-refractivity contribution in [3.63, 3.8) is 0 Å². The number of aromatic nitrogens is 1. The zero-order valence-electron chi connectivity index (χ0n) is 10.8. The number of rotatable bonds is 4. The molecule has 0 saturated heterocycles. The first kappa shape index (κ1) is 13.3. The molecule has 0 aliphatic carbocycles. The molecule has 0 unspecified atom stereocenters. The zero-order valence-corrected chi connectivity index (χ0v) is 10.8. The second kappa shape index (κ2) is 5.22. The molecule has 0 radical (unpaired) electrons. The van der Waals surface area contributed by atoms with Crippen molar-refractivity contribution < 1.29 is 13.9 Å². The highest BCUT2D eigenvalue weighted by atomic mass is 19.1. The van der Waals surface area contributed by atoms with Crippen molar-refractivity contribution >= 4 is 22.9 Å². The van der Waals surface area contributed by atoms with Crippen molar-refractivity contribution in [2.45, 2.75) is 13.8 Å². The summed E-state index contributed by atoms with van der Waals surface area (Å²) in [4.78, 5) is 15.0. The van der Waals surface area contributed by atoms with E-state index in [1.165, 1.54) is 18.2 Å². The number of carbonyl (C=O) groups is 1. The Hall–Kier alpha value is -2.17. The summed E-state index contributed by atoms with van der Waals surface area (Å²) < 4.78 is 19.0. The molecule has 19 heavy (non-hydrogen) atoms. The van der Waals surface area contributed by atoms with E-state index in [0.29, 0.717) is 35.5 Å². The van der Waals surface area contributed by atoms with Gasteiger partial charge >= 0.3 is 0 Å². The number of benzene rings is 1. The van der Waals surface area contributed by atoms with Gasteiger partial charge in [0.1, 0.15) is 17.3 Å². The van der Waals surface area contributed by atoms with Crippen LogP contribution in [0.1, 0.15) is 24.3 Å². The van der Waals surface area contributed by atoms with Gasteiger partial charge in [0.2, 0.25) is 0 Å². The first-order valence-corrected chi connectivity index (χ1v) is 5.99. The number of nitrogens with two attached hydrogens (primary N) is 1. The lowest BCUT2D eigenvalue weighted by Gasteiger charge is -2.12. The number of nitrogens with zero attached hydrogens (tertiary/aromatic N) is 1. The minimum atomic E-state index is -0.458. The van der Waals surface area contributed by atoms with E-state index >= 15 is 0 Å². The van der Waals surface area contributed by atoms with Gasteiger partial charge in [0, 0.05) is 11.5 Å². The SMILES string of the molecule is CC(C)COc1cc(C=O)nc2c(N)cc(F)cc12. The zero-order chi connectivity index (χ0) is 14.0. The largest absolute Gasteiger partial charge is 0.493 e. The molecule has 1 aromatic heterocycles. The topological polar surface area (TPSA) is 65.2 Å². The minimum absolute atomic E-state index is 0.188. The van der Waals surface area contributed by atoms with Crippen LogP contribution in [-0.2, 0) is 0 Å². The molecule has 0 amide bonds. The molecule has 0 saturated carbocycles. The molecular formula is C14H15FN2O2. The highest BCUT2D eigenvalue weighted by Gasteiger charge is 2.11. The Morgan fingerprint density at radius 1 is 1.42 bits per heavy atom. The summed E-state index contributed by atoms with van der Waals surface area (Å²) in [7, 11) is 0. The quantitative estimate of drug-likeness (QED) is 0.679. The van der Waals surface area contributed by atoms with E-state index in [1.54, 1.807) is 0 Å². The molecule has 1 heterocycles. The van der Waals surface area contributed by atoms with Gasteiger partial charge in [-0.25, -0.2) is 9.37 Å². The first-order valence-electron chi connectivity index (χ1n) is 5.99. The number of hydrogen-bond acceptors (Lipinski definition) is 4. The van der Waals surface area contributed by atoms with Crippen molar-refractivity contribution in [2.24, 2.45) is 5.92 Å². The maximum absolute atomic E-state index is 13.4. The summed E-state index contributed by atoms with van der Waals surface area (Å²) in [6.45, 7) is 4.46. The van der Waals surface area contributed by atoms with E-state index in [0.717, 1.165) is 0 Å². The molecule has 100 valence electrons. The van der Waals surface area contributed by atoms with Gasteiger partial charge in [-0.1, -0.05) is 13.8 Å². The summed E-state index contributed by atoms with van der Waals surface area (Å²) in [5, 5.41) is 0.476. The van der Waals surface area contributed by atoms with Crippen molar-refractivity contribution in [3.8, 4) is 5.75 Å². The van der Waals surface area contributed by atoms with Crippen LogP contribution in [0.2, 0.25) is 0 Å². The summed E-state index contributed by atoms with van der Waals surface area (Å²) in [5.41, 5.74) is 6.51. The smallest absolute Gasteiger partial charge is 0.168 e. The van der Waals surface area contributed by atoms with E-state index in [-0.39, 0.29) is 11.4 Å². The molecule has 0 spiro atoms. The van der Waals surface area contributed by atoms with E-state index in [4.69, 9.17) is 10.5 Å². The molecule has 5 heteroatoms. The molecule has 2 aromatic rings.